The van der Waals surface area contributed by atoms with Crippen LogP contribution in [0.3, 0.4) is 0 Å². The Morgan fingerprint density at radius 3 is 2.53 bits per heavy atom. The van der Waals surface area contributed by atoms with Crippen LogP contribution in [0, 0.1) is 0 Å². The Morgan fingerprint density at radius 2 is 2.06 bits per heavy atom. The third kappa shape index (κ3) is 4.55. The van der Waals surface area contributed by atoms with Gasteiger partial charge in [-0.25, -0.2) is 0 Å². The minimum absolute atomic E-state index is 0.112. The molecule has 96 valence electrons. The maximum Gasteiger partial charge on any atom is 0.422 e. The topological polar surface area (TPSA) is 21.3 Å². The monoisotopic (exact) mass is 311 g/mol. The maximum absolute atomic E-state index is 12.0. The van der Waals surface area contributed by atoms with Crippen LogP contribution in [0.4, 0.5) is 13.2 Å². The zero-order chi connectivity index (χ0) is 13.1. The second kappa shape index (κ2) is 5.73. The number of hydrogen-bond donors (Lipinski definition) is 1. The SMILES string of the molecule is CNC(C)c1ccc(OCC(F)(F)F)cc1Br. The first-order valence-electron chi connectivity index (χ1n) is 5.00. The number of rotatable bonds is 4. The molecule has 0 radical (unpaired) electrons. The minimum atomic E-state index is -4.32. The molecule has 17 heavy (non-hydrogen) atoms. The molecule has 0 heterocycles. The molecule has 0 aliphatic heterocycles. The van der Waals surface area contributed by atoms with E-state index in [1.807, 2.05) is 14.0 Å². The standard InChI is InChI=1S/C11H13BrF3NO/c1-7(16-2)9-4-3-8(5-10(9)12)17-6-11(13,14)15/h3-5,7,16H,6H2,1-2H3. The van der Waals surface area contributed by atoms with Crippen molar-refractivity contribution < 1.29 is 17.9 Å². The van der Waals surface area contributed by atoms with Gasteiger partial charge in [0.05, 0.1) is 0 Å². The van der Waals surface area contributed by atoms with Gasteiger partial charge in [0.15, 0.2) is 6.61 Å². The Morgan fingerprint density at radius 1 is 1.41 bits per heavy atom. The lowest BCUT2D eigenvalue weighted by atomic mass is 10.1. The van der Waals surface area contributed by atoms with E-state index in [0.29, 0.717) is 0 Å². The fourth-order valence-corrected chi connectivity index (χ4v) is 1.97. The number of benzene rings is 1. The Bertz CT molecular complexity index is 381. The van der Waals surface area contributed by atoms with Crippen LogP contribution in [0.1, 0.15) is 18.5 Å². The molecule has 0 saturated carbocycles. The van der Waals surface area contributed by atoms with Crippen LogP contribution < -0.4 is 10.1 Å². The van der Waals surface area contributed by atoms with E-state index in [1.165, 1.54) is 12.1 Å². The minimum Gasteiger partial charge on any atom is -0.484 e. The van der Waals surface area contributed by atoms with E-state index in [9.17, 15) is 13.2 Å². The van der Waals surface area contributed by atoms with Gasteiger partial charge in [-0.15, -0.1) is 0 Å². The zero-order valence-electron chi connectivity index (χ0n) is 9.44. The van der Waals surface area contributed by atoms with Crippen LogP contribution in [0.15, 0.2) is 22.7 Å². The molecule has 1 aromatic rings. The van der Waals surface area contributed by atoms with Crippen molar-refractivity contribution in [2.45, 2.75) is 19.1 Å². The fourth-order valence-electron chi connectivity index (χ4n) is 1.27. The lowest BCUT2D eigenvalue weighted by molar-refractivity contribution is -0.153. The molecular weight excluding hydrogens is 299 g/mol. The predicted molar refractivity (Wildman–Crippen MR) is 63.2 cm³/mol. The lowest BCUT2D eigenvalue weighted by Gasteiger charge is -2.14. The van der Waals surface area contributed by atoms with Crippen molar-refractivity contribution in [3.05, 3.63) is 28.2 Å². The summed E-state index contributed by atoms with van der Waals surface area (Å²) in [7, 11) is 1.81. The highest BCUT2D eigenvalue weighted by atomic mass is 79.9. The third-order valence-corrected chi connectivity index (χ3v) is 2.96. The predicted octanol–water partition coefficient (Wildman–Crippen LogP) is 3.67. The molecule has 1 atom stereocenters. The van der Waals surface area contributed by atoms with Crippen LogP contribution in [-0.4, -0.2) is 19.8 Å². The normalized spacial score (nSPS) is 13.5. The average molecular weight is 312 g/mol. The Kier molecular flexibility index (Phi) is 4.82. The second-order valence-electron chi connectivity index (χ2n) is 3.60. The molecule has 2 nitrogen and oxygen atoms in total. The van der Waals surface area contributed by atoms with E-state index in [-0.39, 0.29) is 11.8 Å². The maximum atomic E-state index is 12.0. The van der Waals surface area contributed by atoms with Crippen LogP contribution in [0.25, 0.3) is 0 Å². The van der Waals surface area contributed by atoms with Gasteiger partial charge < -0.3 is 10.1 Å². The molecule has 1 N–H and O–H groups in total. The molecule has 1 unspecified atom stereocenters. The Hall–Kier alpha value is -0.750. The first-order chi connectivity index (χ1) is 7.83. The van der Waals surface area contributed by atoms with Crippen LogP contribution in [-0.2, 0) is 0 Å². The molecule has 0 saturated heterocycles. The molecule has 0 fully saturated rings. The van der Waals surface area contributed by atoms with Crippen molar-refractivity contribution >= 4 is 15.9 Å². The average Bonchev–Trinajstić information content (AvgIpc) is 2.24. The van der Waals surface area contributed by atoms with Crippen LogP contribution >= 0.6 is 15.9 Å². The smallest absolute Gasteiger partial charge is 0.422 e. The number of halogens is 4. The summed E-state index contributed by atoms with van der Waals surface area (Å²) in [4.78, 5) is 0. The second-order valence-corrected chi connectivity index (χ2v) is 4.45. The quantitative estimate of drug-likeness (QED) is 0.916. The summed E-state index contributed by atoms with van der Waals surface area (Å²) >= 11 is 3.31. The summed E-state index contributed by atoms with van der Waals surface area (Å²) < 4.78 is 41.2. The van der Waals surface area contributed by atoms with Gasteiger partial charge in [0.25, 0.3) is 0 Å². The largest absolute Gasteiger partial charge is 0.484 e. The first-order valence-corrected chi connectivity index (χ1v) is 5.79. The van der Waals surface area contributed by atoms with E-state index >= 15 is 0 Å². The Labute approximate surface area is 106 Å². The van der Waals surface area contributed by atoms with E-state index in [4.69, 9.17) is 0 Å². The van der Waals surface area contributed by atoms with E-state index < -0.39 is 12.8 Å². The number of ether oxygens (including phenoxy) is 1. The lowest BCUT2D eigenvalue weighted by Crippen LogP contribution is -2.19. The molecule has 6 heteroatoms. The highest BCUT2D eigenvalue weighted by molar-refractivity contribution is 9.10. The van der Waals surface area contributed by atoms with Crippen molar-refractivity contribution in [2.24, 2.45) is 0 Å². The summed E-state index contributed by atoms with van der Waals surface area (Å²) in [6, 6.07) is 4.91. The van der Waals surface area contributed by atoms with Gasteiger partial charge in [0.1, 0.15) is 5.75 Å². The molecule has 0 aromatic heterocycles. The molecular formula is C11H13BrF3NO. The fraction of sp³-hybridized carbons (Fsp3) is 0.455. The summed E-state index contributed by atoms with van der Waals surface area (Å²) in [6.45, 7) is 0.677. The van der Waals surface area contributed by atoms with Gasteiger partial charge in [0.2, 0.25) is 0 Å². The summed E-state index contributed by atoms with van der Waals surface area (Å²) in [5.41, 5.74) is 0.965. The van der Waals surface area contributed by atoms with Crippen LogP contribution in [0.5, 0.6) is 5.75 Å². The molecule has 1 rings (SSSR count). The van der Waals surface area contributed by atoms with E-state index in [0.717, 1.165) is 10.0 Å². The molecule has 0 aliphatic carbocycles. The van der Waals surface area contributed by atoms with Crippen molar-refractivity contribution in [1.82, 2.24) is 5.32 Å². The van der Waals surface area contributed by atoms with Gasteiger partial charge in [-0.2, -0.15) is 13.2 Å². The third-order valence-electron chi connectivity index (χ3n) is 2.27. The van der Waals surface area contributed by atoms with Crippen molar-refractivity contribution in [3.8, 4) is 5.75 Å². The zero-order valence-corrected chi connectivity index (χ0v) is 11.0. The van der Waals surface area contributed by atoms with E-state index in [1.54, 1.807) is 6.07 Å². The molecule has 0 spiro atoms. The molecule has 0 amide bonds. The number of nitrogens with one attached hydrogen (secondary N) is 1. The van der Waals surface area contributed by atoms with Crippen molar-refractivity contribution in [2.75, 3.05) is 13.7 Å². The molecule has 0 bridgehead atoms. The van der Waals surface area contributed by atoms with Gasteiger partial charge >= 0.3 is 6.18 Å². The highest BCUT2D eigenvalue weighted by Crippen LogP contribution is 2.28. The summed E-state index contributed by atoms with van der Waals surface area (Å²) in [5.74, 6) is 0.196. The van der Waals surface area contributed by atoms with Gasteiger partial charge in [0, 0.05) is 10.5 Å². The van der Waals surface area contributed by atoms with Gasteiger partial charge in [-0.1, -0.05) is 22.0 Å². The van der Waals surface area contributed by atoms with Crippen LogP contribution in [0.2, 0.25) is 0 Å². The van der Waals surface area contributed by atoms with Gasteiger partial charge in [-0.05, 0) is 31.7 Å². The van der Waals surface area contributed by atoms with Crippen molar-refractivity contribution in [1.29, 1.82) is 0 Å². The van der Waals surface area contributed by atoms with Crippen molar-refractivity contribution in [3.63, 3.8) is 0 Å². The first kappa shape index (κ1) is 14.3. The highest BCUT2D eigenvalue weighted by Gasteiger charge is 2.28. The number of hydrogen-bond acceptors (Lipinski definition) is 2. The number of alkyl halides is 3. The molecule has 0 aliphatic rings. The Balaban J connectivity index is 2.75. The van der Waals surface area contributed by atoms with E-state index in [2.05, 4.69) is 26.0 Å². The molecule has 1 aromatic carbocycles. The summed E-state index contributed by atoms with van der Waals surface area (Å²) in [5, 5.41) is 3.05. The summed E-state index contributed by atoms with van der Waals surface area (Å²) in [6.07, 6.45) is -4.32. The van der Waals surface area contributed by atoms with Gasteiger partial charge in [-0.3, -0.25) is 0 Å².